The van der Waals surface area contributed by atoms with Crippen molar-refractivity contribution in [2.24, 2.45) is 0 Å². The number of esters is 1. The summed E-state index contributed by atoms with van der Waals surface area (Å²) in [5.74, 6) is -2.20. The van der Waals surface area contributed by atoms with Crippen LogP contribution in [0.2, 0.25) is 5.02 Å². The molecule has 7 nitrogen and oxygen atoms in total. The quantitative estimate of drug-likeness (QED) is 0.118. The molecular weight excluding hydrogens is 663 g/mol. The van der Waals surface area contributed by atoms with E-state index in [4.69, 9.17) is 16.3 Å². The molecule has 1 N–H and O–H groups in total. The molecule has 180 valence electrons. The molecule has 3 aromatic carbocycles. The van der Waals surface area contributed by atoms with Gasteiger partial charge in [-0.1, -0.05) is 39.7 Å². The first kappa shape index (κ1) is 25.8. The predicted molar refractivity (Wildman–Crippen MR) is 148 cm³/mol. The Kier molecular flexibility index (Phi) is 8.02. The molecule has 0 unspecified atom stereocenters. The number of carbonyl (C=O) groups is 4. The second-order valence-corrected chi connectivity index (χ2v) is 10.0. The maximum Gasteiger partial charge on any atom is 0.336 e. The molecule has 1 saturated heterocycles. The standard InChI is InChI=1S/C26H15BrClIN2O5/c27-17-4-11-22(36-23(32)12-3-15-1-5-18(28)6-2-15)16(13-17)14-21-24(33)30-26(35)31(25(21)34)20-9-7-19(29)8-10-20/h1-14H,(H,30,33,35)/b12-3+,21-14-. The summed E-state index contributed by atoms with van der Waals surface area (Å²) in [6, 6.07) is 17.5. The predicted octanol–water partition coefficient (Wildman–Crippen LogP) is 5.99. The molecule has 3 aromatic rings. The van der Waals surface area contributed by atoms with E-state index >= 15 is 0 Å². The Morgan fingerprint density at radius 2 is 1.69 bits per heavy atom. The van der Waals surface area contributed by atoms with Crippen LogP contribution in [0, 0.1) is 3.57 Å². The molecule has 1 aliphatic heterocycles. The number of imide groups is 2. The summed E-state index contributed by atoms with van der Waals surface area (Å²) >= 11 is 11.3. The summed E-state index contributed by atoms with van der Waals surface area (Å²) in [5, 5.41) is 2.75. The molecule has 0 spiro atoms. The Morgan fingerprint density at radius 1 is 1.00 bits per heavy atom. The lowest BCUT2D eigenvalue weighted by atomic mass is 10.1. The largest absolute Gasteiger partial charge is 0.423 e. The van der Waals surface area contributed by atoms with Crippen LogP contribution in [0.3, 0.4) is 0 Å². The van der Waals surface area contributed by atoms with Crippen molar-refractivity contribution >= 4 is 91.8 Å². The molecule has 10 heteroatoms. The van der Waals surface area contributed by atoms with Crippen LogP contribution >= 0.6 is 50.1 Å². The van der Waals surface area contributed by atoms with Crippen LogP contribution in [0.5, 0.6) is 5.75 Å². The third-order valence-electron chi connectivity index (χ3n) is 4.95. The monoisotopic (exact) mass is 676 g/mol. The van der Waals surface area contributed by atoms with Gasteiger partial charge in [0.05, 0.1) is 5.69 Å². The lowest BCUT2D eigenvalue weighted by Gasteiger charge is -2.26. The second-order valence-electron chi connectivity index (χ2n) is 7.42. The normalized spacial score (nSPS) is 14.9. The molecule has 0 saturated carbocycles. The van der Waals surface area contributed by atoms with Crippen molar-refractivity contribution in [3.63, 3.8) is 0 Å². The average molecular weight is 678 g/mol. The van der Waals surface area contributed by atoms with Crippen molar-refractivity contribution in [3.8, 4) is 5.75 Å². The number of nitrogens with one attached hydrogen (secondary N) is 1. The van der Waals surface area contributed by atoms with E-state index in [1.54, 1.807) is 66.7 Å². The average Bonchev–Trinajstić information content (AvgIpc) is 2.84. The van der Waals surface area contributed by atoms with Gasteiger partial charge in [0.2, 0.25) is 0 Å². The van der Waals surface area contributed by atoms with Gasteiger partial charge in [-0.05, 0) is 94.9 Å². The van der Waals surface area contributed by atoms with Gasteiger partial charge in [-0.2, -0.15) is 0 Å². The minimum atomic E-state index is -0.855. The van der Waals surface area contributed by atoms with Crippen molar-refractivity contribution in [2.45, 2.75) is 0 Å². The number of hydrogen-bond acceptors (Lipinski definition) is 5. The van der Waals surface area contributed by atoms with Crippen LogP contribution in [0.1, 0.15) is 11.1 Å². The van der Waals surface area contributed by atoms with Crippen molar-refractivity contribution in [2.75, 3.05) is 4.90 Å². The zero-order valence-corrected chi connectivity index (χ0v) is 22.7. The Morgan fingerprint density at radius 3 is 2.39 bits per heavy atom. The van der Waals surface area contributed by atoms with E-state index in [9.17, 15) is 19.2 Å². The molecule has 0 radical (unpaired) electrons. The van der Waals surface area contributed by atoms with E-state index < -0.39 is 23.8 Å². The number of ether oxygens (including phenoxy) is 1. The SMILES string of the molecule is O=C(/C=C/c1ccc(Cl)cc1)Oc1ccc(Br)cc1/C=C1/C(=O)NC(=O)N(c2ccc(I)cc2)C1=O. The Bertz CT molecular complexity index is 1440. The van der Waals surface area contributed by atoms with Gasteiger partial charge < -0.3 is 4.74 Å². The molecule has 1 fully saturated rings. The first-order valence-corrected chi connectivity index (χ1v) is 12.6. The smallest absolute Gasteiger partial charge is 0.336 e. The van der Waals surface area contributed by atoms with E-state index in [-0.39, 0.29) is 16.9 Å². The highest BCUT2D eigenvalue weighted by Crippen LogP contribution is 2.28. The number of nitrogens with zero attached hydrogens (tertiary/aromatic N) is 1. The number of barbiturate groups is 1. The highest BCUT2D eigenvalue weighted by molar-refractivity contribution is 14.1. The summed E-state index contributed by atoms with van der Waals surface area (Å²) in [6.45, 7) is 0. The van der Waals surface area contributed by atoms with Crippen LogP contribution < -0.4 is 15.0 Å². The summed E-state index contributed by atoms with van der Waals surface area (Å²) in [6.07, 6.45) is 4.09. The van der Waals surface area contributed by atoms with E-state index in [1.165, 1.54) is 18.2 Å². The zero-order valence-electron chi connectivity index (χ0n) is 18.2. The van der Waals surface area contributed by atoms with Gasteiger partial charge in [-0.15, -0.1) is 0 Å². The summed E-state index contributed by atoms with van der Waals surface area (Å²) in [4.78, 5) is 51.5. The maximum absolute atomic E-state index is 13.2. The molecule has 4 amide bonds. The molecule has 36 heavy (non-hydrogen) atoms. The van der Waals surface area contributed by atoms with Gasteiger partial charge in [0.1, 0.15) is 11.3 Å². The van der Waals surface area contributed by atoms with Crippen LogP contribution in [0.15, 0.2) is 82.9 Å². The topological polar surface area (TPSA) is 92.8 Å². The minimum absolute atomic E-state index is 0.120. The highest BCUT2D eigenvalue weighted by Gasteiger charge is 2.37. The van der Waals surface area contributed by atoms with Gasteiger partial charge in [0, 0.05) is 24.7 Å². The molecule has 0 atom stereocenters. The van der Waals surface area contributed by atoms with Crippen LogP contribution in [-0.4, -0.2) is 23.8 Å². The number of anilines is 1. The van der Waals surface area contributed by atoms with Crippen LogP contribution in [-0.2, 0) is 14.4 Å². The third-order valence-corrected chi connectivity index (χ3v) is 6.41. The molecule has 0 aliphatic carbocycles. The molecule has 1 aliphatic rings. The first-order chi connectivity index (χ1) is 17.2. The van der Waals surface area contributed by atoms with E-state index in [2.05, 4.69) is 43.8 Å². The molecule has 0 bridgehead atoms. The lowest BCUT2D eigenvalue weighted by Crippen LogP contribution is -2.54. The van der Waals surface area contributed by atoms with Crippen LogP contribution in [0.4, 0.5) is 10.5 Å². The Balaban J connectivity index is 1.62. The highest BCUT2D eigenvalue weighted by atomic mass is 127. The van der Waals surface area contributed by atoms with Crippen LogP contribution in [0.25, 0.3) is 12.2 Å². The summed E-state index contributed by atoms with van der Waals surface area (Å²) in [5.41, 5.74) is 1.05. The van der Waals surface area contributed by atoms with Gasteiger partial charge in [0.25, 0.3) is 11.8 Å². The zero-order chi connectivity index (χ0) is 25.8. The Labute approximate surface area is 233 Å². The number of amides is 4. The third kappa shape index (κ3) is 6.10. The first-order valence-electron chi connectivity index (χ1n) is 10.3. The fourth-order valence-corrected chi connectivity index (χ4v) is 4.11. The van der Waals surface area contributed by atoms with E-state index in [0.717, 1.165) is 14.0 Å². The minimum Gasteiger partial charge on any atom is -0.423 e. The number of carbonyl (C=O) groups excluding carboxylic acids is 4. The number of halogens is 3. The number of urea groups is 1. The second kappa shape index (κ2) is 11.2. The lowest BCUT2D eigenvalue weighted by molar-refractivity contribution is -0.129. The van der Waals surface area contributed by atoms with Gasteiger partial charge in [-0.25, -0.2) is 14.5 Å². The summed E-state index contributed by atoms with van der Waals surface area (Å²) in [7, 11) is 0. The molecule has 0 aromatic heterocycles. The number of hydrogen-bond donors (Lipinski definition) is 1. The van der Waals surface area contributed by atoms with Crippen molar-refractivity contribution in [1.29, 1.82) is 0 Å². The molecule has 1 heterocycles. The fraction of sp³-hybridized carbons (Fsp3) is 0. The van der Waals surface area contributed by atoms with Gasteiger partial charge in [0.15, 0.2) is 0 Å². The fourth-order valence-electron chi connectivity index (χ4n) is 3.24. The maximum atomic E-state index is 13.2. The Hall–Kier alpha value is -3.28. The number of benzene rings is 3. The van der Waals surface area contributed by atoms with E-state index in [0.29, 0.717) is 15.2 Å². The van der Waals surface area contributed by atoms with Gasteiger partial charge in [-0.3, -0.25) is 14.9 Å². The van der Waals surface area contributed by atoms with E-state index in [1.807, 2.05) is 0 Å². The van der Waals surface area contributed by atoms with Crippen molar-refractivity contribution in [1.82, 2.24) is 5.32 Å². The summed E-state index contributed by atoms with van der Waals surface area (Å²) < 4.78 is 7.00. The van der Waals surface area contributed by atoms with Gasteiger partial charge >= 0.3 is 12.0 Å². The van der Waals surface area contributed by atoms with Crippen molar-refractivity contribution in [3.05, 3.63) is 103 Å². The molecular formula is C26H15BrClIN2O5. The number of rotatable bonds is 5. The van der Waals surface area contributed by atoms with Crippen molar-refractivity contribution < 1.29 is 23.9 Å². The molecule has 4 rings (SSSR count).